The number of ether oxygens (including phenoxy) is 2. The van der Waals surface area contributed by atoms with Crippen molar-refractivity contribution in [2.75, 3.05) is 32.8 Å². The van der Waals surface area contributed by atoms with Crippen LogP contribution in [0.5, 0.6) is 11.5 Å². The van der Waals surface area contributed by atoms with Gasteiger partial charge in [-0.1, -0.05) is 6.07 Å². The van der Waals surface area contributed by atoms with Crippen LogP contribution in [0.2, 0.25) is 0 Å². The van der Waals surface area contributed by atoms with Gasteiger partial charge in [-0.25, -0.2) is 4.79 Å². The molecule has 1 fully saturated rings. The van der Waals surface area contributed by atoms with Crippen LogP contribution in [0.1, 0.15) is 12.0 Å². The molecule has 2 aliphatic heterocycles. The van der Waals surface area contributed by atoms with Crippen molar-refractivity contribution in [1.82, 2.24) is 15.5 Å². The monoisotopic (exact) mass is 305 g/mol. The average Bonchev–Trinajstić information content (AvgIpc) is 2.77. The Balaban J connectivity index is 1.55. The zero-order valence-electron chi connectivity index (χ0n) is 12.3. The molecule has 22 heavy (non-hydrogen) atoms. The van der Waals surface area contributed by atoms with Crippen molar-refractivity contribution < 1.29 is 19.1 Å². The molecule has 2 heterocycles. The van der Waals surface area contributed by atoms with Crippen LogP contribution in [-0.2, 0) is 11.3 Å². The summed E-state index contributed by atoms with van der Waals surface area (Å²) in [6, 6.07) is 5.47. The minimum atomic E-state index is -0.161. The molecule has 0 bridgehead atoms. The Morgan fingerprint density at radius 2 is 2.05 bits per heavy atom. The molecule has 0 aromatic heterocycles. The highest BCUT2D eigenvalue weighted by atomic mass is 16.6. The van der Waals surface area contributed by atoms with E-state index < -0.39 is 0 Å². The molecule has 0 radical (unpaired) electrons. The predicted molar refractivity (Wildman–Crippen MR) is 78.9 cm³/mol. The summed E-state index contributed by atoms with van der Waals surface area (Å²) in [6.45, 7) is 2.98. The molecule has 3 rings (SSSR count). The molecule has 1 aromatic carbocycles. The van der Waals surface area contributed by atoms with Crippen LogP contribution < -0.4 is 20.1 Å². The van der Waals surface area contributed by atoms with E-state index in [9.17, 15) is 9.59 Å². The van der Waals surface area contributed by atoms with Gasteiger partial charge >= 0.3 is 6.03 Å². The SMILES string of the molecule is O=C1CCN(C(=O)NCc2ccc3c(c2)OCCO3)CCN1. The van der Waals surface area contributed by atoms with Gasteiger partial charge in [-0.2, -0.15) is 0 Å². The first-order chi connectivity index (χ1) is 10.7. The third kappa shape index (κ3) is 3.41. The van der Waals surface area contributed by atoms with Crippen LogP contribution in [0.4, 0.5) is 4.79 Å². The largest absolute Gasteiger partial charge is 0.486 e. The summed E-state index contributed by atoms with van der Waals surface area (Å²) in [6.07, 6.45) is 0.345. The number of carbonyl (C=O) groups is 2. The molecule has 0 unspecified atom stereocenters. The van der Waals surface area contributed by atoms with E-state index in [4.69, 9.17) is 9.47 Å². The summed E-state index contributed by atoms with van der Waals surface area (Å²) in [7, 11) is 0. The van der Waals surface area contributed by atoms with Gasteiger partial charge in [0.2, 0.25) is 5.91 Å². The van der Waals surface area contributed by atoms with E-state index in [-0.39, 0.29) is 11.9 Å². The Morgan fingerprint density at radius 3 is 2.91 bits per heavy atom. The maximum absolute atomic E-state index is 12.1. The second-order valence-electron chi connectivity index (χ2n) is 5.22. The quantitative estimate of drug-likeness (QED) is 0.833. The zero-order valence-corrected chi connectivity index (χ0v) is 12.3. The average molecular weight is 305 g/mol. The van der Waals surface area contributed by atoms with Gasteiger partial charge < -0.3 is 25.0 Å². The Kier molecular flexibility index (Phi) is 4.32. The van der Waals surface area contributed by atoms with Crippen LogP contribution in [0.25, 0.3) is 0 Å². The van der Waals surface area contributed by atoms with Gasteiger partial charge in [-0.3, -0.25) is 4.79 Å². The van der Waals surface area contributed by atoms with E-state index in [0.29, 0.717) is 51.6 Å². The smallest absolute Gasteiger partial charge is 0.317 e. The second kappa shape index (κ2) is 6.55. The molecule has 2 aliphatic rings. The number of rotatable bonds is 2. The molecule has 2 N–H and O–H groups in total. The molecule has 7 heteroatoms. The molecule has 3 amide bonds. The summed E-state index contributed by atoms with van der Waals surface area (Å²) in [5.41, 5.74) is 0.946. The summed E-state index contributed by atoms with van der Waals surface area (Å²) in [4.78, 5) is 25.1. The number of benzene rings is 1. The molecule has 0 atom stereocenters. The highest BCUT2D eigenvalue weighted by molar-refractivity contribution is 5.79. The van der Waals surface area contributed by atoms with Crippen molar-refractivity contribution in [1.29, 1.82) is 0 Å². The lowest BCUT2D eigenvalue weighted by Gasteiger charge is -2.21. The first kappa shape index (κ1) is 14.5. The van der Waals surface area contributed by atoms with Crippen molar-refractivity contribution in [3.05, 3.63) is 23.8 Å². The van der Waals surface area contributed by atoms with Crippen LogP contribution in [0.3, 0.4) is 0 Å². The standard InChI is InChI=1S/C15H19N3O4/c19-14-3-5-18(6-4-16-14)15(20)17-10-11-1-2-12-13(9-11)22-8-7-21-12/h1-2,9H,3-8,10H2,(H,16,19)(H,17,20). The molecule has 0 saturated carbocycles. The zero-order chi connectivity index (χ0) is 15.4. The summed E-state index contributed by atoms with van der Waals surface area (Å²) < 4.78 is 11.0. The predicted octanol–water partition coefficient (Wildman–Crippen LogP) is 0.489. The number of nitrogens with zero attached hydrogens (tertiary/aromatic N) is 1. The molecule has 118 valence electrons. The molecule has 1 saturated heterocycles. The molecular formula is C15H19N3O4. The topological polar surface area (TPSA) is 79.9 Å². The van der Waals surface area contributed by atoms with Gasteiger partial charge in [0.05, 0.1) is 0 Å². The number of carbonyl (C=O) groups excluding carboxylic acids is 2. The Morgan fingerprint density at radius 1 is 1.23 bits per heavy atom. The van der Waals surface area contributed by atoms with Gasteiger partial charge in [-0.05, 0) is 17.7 Å². The minimum absolute atomic E-state index is 0.0119. The van der Waals surface area contributed by atoms with E-state index in [1.807, 2.05) is 18.2 Å². The summed E-state index contributed by atoms with van der Waals surface area (Å²) in [5, 5.41) is 5.62. The first-order valence-corrected chi connectivity index (χ1v) is 7.40. The number of urea groups is 1. The van der Waals surface area contributed by atoms with Gasteiger partial charge in [0.15, 0.2) is 11.5 Å². The molecule has 7 nitrogen and oxygen atoms in total. The maximum atomic E-state index is 12.1. The van der Waals surface area contributed by atoms with Crippen molar-refractivity contribution in [3.8, 4) is 11.5 Å². The van der Waals surface area contributed by atoms with Crippen LogP contribution in [0.15, 0.2) is 18.2 Å². The number of hydrogen-bond donors (Lipinski definition) is 2. The number of nitrogens with one attached hydrogen (secondary N) is 2. The molecule has 1 aromatic rings. The van der Waals surface area contributed by atoms with Crippen molar-refractivity contribution in [2.45, 2.75) is 13.0 Å². The third-order valence-electron chi connectivity index (χ3n) is 3.65. The number of amides is 3. The van der Waals surface area contributed by atoms with Gasteiger partial charge in [0.25, 0.3) is 0 Å². The Labute approximate surface area is 128 Å². The molecule has 0 spiro atoms. The van der Waals surface area contributed by atoms with Crippen LogP contribution in [0, 0.1) is 0 Å². The van der Waals surface area contributed by atoms with Crippen LogP contribution >= 0.6 is 0 Å². The highest BCUT2D eigenvalue weighted by Gasteiger charge is 2.18. The van der Waals surface area contributed by atoms with E-state index >= 15 is 0 Å². The van der Waals surface area contributed by atoms with E-state index in [1.54, 1.807) is 4.90 Å². The normalized spacial score (nSPS) is 17.5. The second-order valence-corrected chi connectivity index (χ2v) is 5.22. The third-order valence-corrected chi connectivity index (χ3v) is 3.65. The Bertz CT molecular complexity index is 576. The Hall–Kier alpha value is -2.44. The van der Waals surface area contributed by atoms with Gasteiger partial charge in [-0.15, -0.1) is 0 Å². The highest BCUT2D eigenvalue weighted by Crippen LogP contribution is 2.30. The fourth-order valence-corrected chi connectivity index (χ4v) is 2.46. The molecule has 0 aliphatic carbocycles. The van der Waals surface area contributed by atoms with Crippen LogP contribution in [-0.4, -0.2) is 49.7 Å². The summed E-state index contributed by atoms with van der Waals surface area (Å²) in [5.74, 6) is 1.43. The number of hydrogen-bond acceptors (Lipinski definition) is 4. The van der Waals surface area contributed by atoms with Gasteiger partial charge in [0.1, 0.15) is 13.2 Å². The van der Waals surface area contributed by atoms with Gasteiger partial charge in [0, 0.05) is 32.6 Å². The minimum Gasteiger partial charge on any atom is -0.486 e. The molecular weight excluding hydrogens is 286 g/mol. The van der Waals surface area contributed by atoms with E-state index in [0.717, 1.165) is 11.3 Å². The van der Waals surface area contributed by atoms with Crippen molar-refractivity contribution >= 4 is 11.9 Å². The lowest BCUT2D eigenvalue weighted by Crippen LogP contribution is -2.41. The van der Waals surface area contributed by atoms with Crippen molar-refractivity contribution in [2.24, 2.45) is 0 Å². The lowest BCUT2D eigenvalue weighted by atomic mass is 10.2. The van der Waals surface area contributed by atoms with E-state index in [1.165, 1.54) is 0 Å². The fraction of sp³-hybridized carbons (Fsp3) is 0.467. The maximum Gasteiger partial charge on any atom is 0.317 e. The van der Waals surface area contributed by atoms with Crippen molar-refractivity contribution in [3.63, 3.8) is 0 Å². The number of fused-ring (bicyclic) bond motifs is 1. The summed E-state index contributed by atoms with van der Waals surface area (Å²) >= 11 is 0. The van der Waals surface area contributed by atoms with E-state index in [2.05, 4.69) is 10.6 Å². The lowest BCUT2D eigenvalue weighted by molar-refractivity contribution is -0.120. The first-order valence-electron chi connectivity index (χ1n) is 7.40. The fourth-order valence-electron chi connectivity index (χ4n) is 2.46.